The summed E-state index contributed by atoms with van der Waals surface area (Å²) in [4.78, 5) is 8.58. The number of nitrogens with zero attached hydrogens (tertiary/aromatic N) is 2. The van der Waals surface area contributed by atoms with Crippen molar-refractivity contribution in [3.63, 3.8) is 0 Å². The summed E-state index contributed by atoms with van der Waals surface area (Å²) in [5.74, 6) is 0.954. The molecule has 0 aliphatic heterocycles. The summed E-state index contributed by atoms with van der Waals surface area (Å²) in [5, 5.41) is 9.42. The molecule has 4 nitrogen and oxygen atoms in total. The Bertz CT molecular complexity index is 346. The highest BCUT2D eigenvalue weighted by Gasteiger charge is 2.22. The third-order valence-electron chi connectivity index (χ3n) is 3.12. The highest BCUT2D eigenvalue weighted by Crippen LogP contribution is 2.31. The van der Waals surface area contributed by atoms with Gasteiger partial charge in [0, 0.05) is 5.92 Å². The fourth-order valence-corrected chi connectivity index (χ4v) is 2.08. The predicted octanol–water partition coefficient (Wildman–Crippen LogP) is 1.39. The van der Waals surface area contributed by atoms with Gasteiger partial charge >= 0.3 is 0 Å². The van der Waals surface area contributed by atoms with Crippen LogP contribution in [0.15, 0.2) is 6.20 Å². The lowest BCUT2D eigenvalue weighted by Crippen LogP contribution is -2.18. The second-order valence-electron chi connectivity index (χ2n) is 4.27. The van der Waals surface area contributed by atoms with Crippen molar-refractivity contribution in [3.05, 3.63) is 17.6 Å². The van der Waals surface area contributed by atoms with Crippen LogP contribution in [0.5, 0.6) is 0 Å². The summed E-state index contributed by atoms with van der Waals surface area (Å²) in [6.45, 7) is 1.88. The number of hydrogen-bond acceptors (Lipinski definition) is 4. The van der Waals surface area contributed by atoms with Crippen LogP contribution < -0.4 is 5.73 Å². The zero-order valence-electron chi connectivity index (χ0n) is 8.98. The lowest BCUT2D eigenvalue weighted by molar-refractivity contribution is 0.122. The van der Waals surface area contributed by atoms with Gasteiger partial charge in [-0.25, -0.2) is 4.98 Å². The van der Waals surface area contributed by atoms with E-state index in [1.54, 1.807) is 6.20 Å². The first-order valence-corrected chi connectivity index (χ1v) is 5.44. The molecule has 1 aliphatic rings. The standard InChI is InChI=1S/C11H17N3O/c1-7-11(12)13-6-10(14-7)8-2-4-9(15)5-3-8/h6,8-9,15H,2-5H2,1H3,(H2,12,13). The normalized spacial score (nSPS) is 26.5. The van der Waals surface area contributed by atoms with E-state index in [9.17, 15) is 5.11 Å². The molecule has 2 rings (SSSR count). The fourth-order valence-electron chi connectivity index (χ4n) is 2.08. The molecular weight excluding hydrogens is 190 g/mol. The van der Waals surface area contributed by atoms with E-state index in [4.69, 9.17) is 5.73 Å². The Labute approximate surface area is 89.6 Å². The number of aromatic nitrogens is 2. The van der Waals surface area contributed by atoms with Gasteiger partial charge in [0.15, 0.2) is 0 Å². The molecule has 1 fully saturated rings. The van der Waals surface area contributed by atoms with Crippen molar-refractivity contribution in [2.24, 2.45) is 0 Å². The Morgan fingerprint density at radius 2 is 2.00 bits per heavy atom. The van der Waals surface area contributed by atoms with Crippen LogP contribution in [0.25, 0.3) is 0 Å². The summed E-state index contributed by atoms with van der Waals surface area (Å²) >= 11 is 0. The molecule has 0 spiro atoms. The van der Waals surface area contributed by atoms with E-state index >= 15 is 0 Å². The minimum absolute atomic E-state index is 0.121. The van der Waals surface area contributed by atoms with Crippen LogP contribution in [0.4, 0.5) is 5.82 Å². The minimum atomic E-state index is -0.121. The fraction of sp³-hybridized carbons (Fsp3) is 0.636. The number of nitrogens with two attached hydrogens (primary N) is 1. The van der Waals surface area contributed by atoms with Crippen molar-refractivity contribution in [3.8, 4) is 0 Å². The largest absolute Gasteiger partial charge is 0.393 e. The van der Waals surface area contributed by atoms with E-state index < -0.39 is 0 Å². The molecule has 3 N–H and O–H groups in total. The Morgan fingerprint density at radius 3 is 2.60 bits per heavy atom. The van der Waals surface area contributed by atoms with Crippen LogP contribution in [0, 0.1) is 6.92 Å². The highest BCUT2D eigenvalue weighted by molar-refractivity contribution is 5.33. The number of anilines is 1. The van der Waals surface area contributed by atoms with Crippen LogP contribution in [0.1, 0.15) is 43.0 Å². The topological polar surface area (TPSA) is 72.0 Å². The molecular formula is C11H17N3O. The third-order valence-corrected chi connectivity index (χ3v) is 3.12. The van der Waals surface area contributed by atoms with Gasteiger partial charge in [0.25, 0.3) is 0 Å². The summed E-state index contributed by atoms with van der Waals surface area (Å²) < 4.78 is 0. The zero-order valence-corrected chi connectivity index (χ0v) is 8.98. The van der Waals surface area contributed by atoms with Gasteiger partial charge in [-0.1, -0.05) is 0 Å². The molecule has 1 aromatic rings. The van der Waals surface area contributed by atoms with Gasteiger partial charge in [-0.15, -0.1) is 0 Å². The first-order valence-electron chi connectivity index (χ1n) is 5.44. The molecule has 0 bridgehead atoms. The minimum Gasteiger partial charge on any atom is -0.393 e. The summed E-state index contributed by atoms with van der Waals surface area (Å²) in [6.07, 6.45) is 5.39. The van der Waals surface area contributed by atoms with Crippen molar-refractivity contribution in [1.82, 2.24) is 9.97 Å². The number of aliphatic hydroxyl groups is 1. The van der Waals surface area contributed by atoms with Crippen molar-refractivity contribution in [1.29, 1.82) is 0 Å². The van der Waals surface area contributed by atoms with Crippen LogP contribution in [0.3, 0.4) is 0 Å². The summed E-state index contributed by atoms with van der Waals surface area (Å²) in [7, 11) is 0. The number of aryl methyl sites for hydroxylation is 1. The highest BCUT2D eigenvalue weighted by atomic mass is 16.3. The number of rotatable bonds is 1. The van der Waals surface area contributed by atoms with Gasteiger partial charge in [0.05, 0.1) is 23.7 Å². The Balaban J connectivity index is 2.12. The molecule has 1 aliphatic carbocycles. The van der Waals surface area contributed by atoms with Crippen LogP contribution in [0.2, 0.25) is 0 Å². The van der Waals surface area contributed by atoms with Crippen LogP contribution >= 0.6 is 0 Å². The van der Waals surface area contributed by atoms with E-state index in [1.165, 1.54) is 0 Å². The predicted molar refractivity (Wildman–Crippen MR) is 58.4 cm³/mol. The van der Waals surface area contributed by atoms with Gasteiger partial charge in [-0.05, 0) is 32.6 Å². The average Bonchev–Trinajstić information content (AvgIpc) is 2.23. The van der Waals surface area contributed by atoms with Gasteiger partial charge in [-0.3, -0.25) is 4.98 Å². The maximum Gasteiger partial charge on any atom is 0.144 e. The van der Waals surface area contributed by atoms with Crippen LogP contribution in [-0.4, -0.2) is 21.2 Å². The van der Waals surface area contributed by atoms with E-state index in [2.05, 4.69) is 9.97 Å². The Kier molecular flexibility index (Phi) is 2.86. The Hall–Kier alpha value is -1.16. The summed E-state index contributed by atoms with van der Waals surface area (Å²) in [5.41, 5.74) is 7.45. The van der Waals surface area contributed by atoms with Gasteiger partial charge in [0.1, 0.15) is 5.82 Å². The smallest absolute Gasteiger partial charge is 0.144 e. The molecule has 1 saturated carbocycles. The second-order valence-corrected chi connectivity index (χ2v) is 4.27. The molecule has 0 amide bonds. The lowest BCUT2D eigenvalue weighted by atomic mass is 9.85. The molecule has 1 heterocycles. The van der Waals surface area contributed by atoms with Crippen LogP contribution in [-0.2, 0) is 0 Å². The maximum atomic E-state index is 9.42. The second kappa shape index (κ2) is 4.14. The molecule has 0 radical (unpaired) electrons. The van der Waals surface area contributed by atoms with E-state index in [0.717, 1.165) is 37.1 Å². The molecule has 1 aromatic heterocycles. The molecule has 82 valence electrons. The van der Waals surface area contributed by atoms with Gasteiger partial charge < -0.3 is 10.8 Å². The molecule has 15 heavy (non-hydrogen) atoms. The van der Waals surface area contributed by atoms with Gasteiger partial charge in [-0.2, -0.15) is 0 Å². The van der Waals surface area contributed by atoms with E-state index in [0.29, 0.717) is 11.7 Å². The maximum absolute atomic E-state index is 9.42. The monoisotopic (exact) mass is 207 g/mol. The zero-order chi connectivity index (χ0) is 10.8. The third kappa shape index (κ3) is 2.26. The van der Waals surface area contributed by atoms with E-state index in [-0.39, 0.29) is 6.10 Å². The first kappa shape index (κ1) is 10.4. The van der Waals surface area contributed by atoms with Gasteiger partial charge in [0.2, 0.25) is 0 Å². The lowest BCUT2D eigenvalue weighted by Gasteiger charge is -2.24. The Morgan fingerprint density at radius 1 is 1.33 bits per heavy atom. The van der Waals surface area contributed by atoms with E-state index in [1.807, 2.05) is 6.92 Å². The molecule has 0 aromatic carbocycles. The number of aliphatic hydroxyl groups excluding tert-OH is 1. The molecule has 0 saturated heterocycles. The SMILES string of the molecule is Cc1nc(C2CCC(O)CC2)cnc1N. The van der Waals surface area contributed by atoms with Crippen molar-refractivity contribution >= 4 is 5.82 Å². The molecule has 0 atom stereocenters. The van der Waals surface area contributed by atoms with Crippen molar-refractivity contribution in [2.75, 3.05) is 5.73 Å². The van der Waals surface area contributed by atoms with Crippen molar-refractivity contribution < 1.29 is 5.11 Å². The number of nitrogen functional groups attached to an aromatic ring is 1. The van der Waals surface area contributed by atoms with Crippen molar-refractivity contribution in [2.45, 2.75) is 44.6 Å². The number of hydrogen-bond donors (Lipinski definition) is 2. The first-order chi connectivity index (χ1) is 7.16. The summed E-state index contributed by atoms with van der Waals surface area (Å²) in [6, 6.07) is 0. The molecule has 4 heteroatoms. The quantitative estimate of drug-likeness (QED) is 0.730. The molecule has 0 unspecified atom stereocenters. The average molecular weight is 207 g/mol.